The van der Waals surface area contributed by atoms with E-state index in [0.29, 0.717) is 5.39 Å². The summed E-state index contributed by atoms with van der Waals surface area (Å²) >= 11 is 6.80. The van der Waals surface area contributed by atoms with Crippen molar-refractivity contribution in [1.29, 1.82) is 0 Å². The maximum Gasteiger partial charge on any atom is 0.452 e. The van der Waals surface area contributed by atoms with Gasteiger partial charge in [0.1, 0.15) is 0 Å². The molecule has 3 aromatic carbocycles. The van der Waals surface area contributed by atoms with Crippen LogP contribution in [0.5, 0.6) is 0 Å². The molecule has 3 N–H and O–H groups in total. The molecule has 0 atom stereocenters. The van der Waals surface area contributed by atoms with Crippen molar-refractivity contribution in [2.75, 3.05) is 30.1 Å². The highest BCUT2D eigenvalue weighted by molar-refractivity contribution is 7.99. The van der Waals surface area contributed by atoms with Crippen LogP contribution in [0.1, 0.15) is 5.82 Å². The molecule has 4 rings (SSSR count). The van der Waals surface area contributed by atoms with Gasteiger partial charge in [-0.3, -0.25) is 9.36 Å². The number of thioether (sulfide) groups is 1. The zero-order valence-electron chi connectivity index (χ0n) is 19.8. The van der Waals surface area contributed by atoms with Gasteiger partial charge in [-0.15, -0.1) is 10.2 Å². The summed E-state index contributed by atoms with van der Waals surface area (Å²) in [6.45, 7) is 0. The van der Waals surface area contributed by atoms with E-state index in [4.69, 9.17) is 16.7 Å². The Morgan fingerprint density at radius 3 is 2.39 bits per heavy atom. The highest BCUT2D eigenvalue weighted by Crippen LogP contribution is 2.37. The fourth-order valence-corrected chi connectivity index (χ4v) is 5.28. The van der Waals surface area contributed by atoms with Gasteiger partial charge in [0.05, 0.1) is 27.0 Å². The molecule has 0 aliphatic rings. The maximum atomic E-state index is 13.9. The van der Waals surface area contributed by atoms with Gasteiger partial charge in [0.25, 0.3) is 0 Å². The number of amides is 1. The van der Waals surface area contributed by atoms with E-state index in [1.54, 1.807) is 36.4 Å². The molecule has 0 unspecified atom stereocenters. The van der Waals surface area contributed by atoms with Crippen LogP contribution in [0.15, 0.2) is 64.6 Å². The number of fused-ring (bicyclic) bond motifs is 1. The lowest BCUT2D eigenvalue weighted by Crippen LogP contribution is -2.17. The van der Waals surface area contributed by atoms with Crippen LogP contribution in [0.25, 0.3) is 16.5 Å². The first-order chi connectivity index (χ1) is 17.8. The number of aromatic nitrogens is 3. The first kappa shape index (κ1) is 27.7. The number of anilines is 2. The van der Waals surface area contributed by atoms with E-state index in [0.717, 1.165) is 33.5 Å². The van der Waals surface area contributed by atoms with Crippen molar-refractivity contribution < 1.29 is 26.4 Å². The van der Waals surface area contributed by atoms with E-state index < -0.39 is 27.9 Å². The van der Waals surface area contributed by atoms with Crippen LogP contribution in [0, 0.1) is 0 Å². The largest absolute Gasteiger partial charge is 0.452 e. The van der Waals surface area contributed by atoms with E-state index in [1.807, 2.05) is 19.0 Å². The fraction of sp³-hybridized carbons (Fsp3) is 0.174. The van der Waals surface area contributed by atoms with Gasteiger partial charge < -0.3 is 10.2 Å². The smallest absolute Gasteiger partial charge is 0.377 e. The molecule has 0 bridgehead atoms. The van der Waals surface area contributed by atoms with Gasteiger partial charge in [-0.2, -0.15) is 13.2 Å². The molecule has 9 nitrogen and oxygen atoms in total. The lowest BCUT2D eigenvalue weighted by molar-refractivity contribution is -0.146. The Bertz CT molecular complexity index is 1640. The lowest BCUT2D eigenvalue weighted by Gasteiger charge is -2.19. The summed E-state index contributed by atoms with van der Waals surface area (Å²) in [6, 6.07) is 13.8. The van der Waals surface area contributed by atoms with Crippen LogP contribution in [-0.2, 0) is 21.0 Å². The second kappa shape index (κ2) is 10.4. The summed E-state index contributed by atoms with van der Waals surface area (Å²) in [5.41, 5.74) is 1.12. The third-order valence-corrected chi connectivity index (χ3v) is 7.52. The molecule has 0 spiro atoms. The molecule has 1 amide bonds. The zero-order chi connectivity index (χ0) is 27.8. The van der Waals surface area contributed by atoms with Crippen LogP contribution in [0.2, 0.25) is 5.02 Å². The number of carbonyl (C=O) groups is 1. The molecule has 0 saturated heterocycles. The van der Waals surface area contributed by atoms with E-state index in [9.17, 15) is 26.4 Å². The van der Waals surface area contributed by atoms with Crippen LogP contribution in [-0.4, -0.2) is 48.9 Å². The van der Waals surface area contributed by atoms with E-state index in [1.165, 1.54) is 12.1 Å². The van der Waals surface area contributed by atoms with Gasteiger partial charge in [0.2, 0.25) is 21.8 Å². The Labute approximate surface area is 224 Å². The Kier molecular flexibility index (Phi) is 7.61. The van der Waals surface area contributed by atoms with Crippen molar-refractivity contribution in [1.82, 2.24) is 14.8 Å². The average molecular weight is 585 g/mol. The van der Waals surface area contributed by atoms with Crippen LogP contribution >= 0.6 is 23.4 Å². The second-order valence-corrected chi connectivity index (χ2v) is 11.1. The van der Waals surface area contributed by atoms with Gasteiger partial charge in [-0.25, -0.2) is 13.6 Å². The zero-order valence-corrected chi connectivity index (χ0v) is 22.2. The molecule has 1 heterocycles. The minimum Gasteiger partial charge on any atom is -0.377 e. The second-order valence-electron chi connectivity index (χ2n) is 8.21. The molecule has 0 aliphatic carbocycles. The Balaban J connectivity index is 1.66. The third-order valence-electron chi connectivity index (χ3n) is 5.36. The number of primary sulfonamides is 1. The molecule has 0 aliphatic heterocycles. The molecular weight excluding hydrogens is 565 g/mol. The number of hydrogen-bond donors (Lipinski definition) is 2. The molecule has 38 heavy (non-hydrogen) atoms. The Hall–Kier alpha value is -3.33. The maximum absolute atomic E-state index is 13.9. The number of carbonyl (C=O) groups excluding carboxylic acids is 1. The number of nitrogens with one attached hydrogen (secondary N) is 1. The molecule has 0 fully saturated rings. The summed E-state index contributed by atoms with van der Waals surface area (Å²) < 4.78 is 65.6. The summed E-state index contributed by atoms with van der Waals surface area (Å²) in [4.78, 5) is 14.2. The van der Waals surface area contributed by atoms with Crippen molar-refractivity contribution in [2.45, 2.75) is 16.2 Å². The number of hydrogen-bond acceptors (Lipinski definition) is 7. The van der Waals surface area contributed by atoms with Gasteiger partial charge in [0.15, 0.2) is 5.16 Å². The topological polar surface area (TPSA) is 123 Å². The normalized spacial score (nSPS) is 12.1. The van der Waals surface area contributed by atoms with E-state index >= 15 is 0 Å². The number of benzene rings is 3. The minimum atomic E-state index is -4.81. The van der Waals surface area contributed by atoms with Crippen LogP contribution < -0.4 is 15.4 Å². The summed E-state index contributed by atoms with van der Waals surface area (Å²) in [5.74, 6) is -2.18. The van der Waals surface area contributed by atoms with Crippen LogP contribution in [0.4, 0.5) is 24.5 Å². The monoisotopic (exact) mass is 584 g/mol. The predicted octanol–water partition coefficient (Wildman–Crippen LogP) is 4.54. The number of nitrogens with two attached hydrogens (primary N) is 1. The van der Waals surface area contributed by atoms with E-state index in [2.05, 4.69) is 15.5 Å². The molecule has 200 valence electrons. The quantitative estimate of drug-likeness (QED) is 0.306. The summed E-state index contributed by atoms with van der Waals surface area (Å²) in [5, 5.41) is 15.7. The number of alkyl halides is 3. The van der Waals surface area contributed by atoms with Crippen molar-refractivity contribution in [3.05, 3.63) is 65.4 Å². The van der Waals surface area contributed by atoms with Crippen molar-refractivity contribution in [3.8, 4) is 5.69 Å². The summed E-state index contributed by atoms with van der Waals surface area (Å²) in [6.07, 6.45) is -4.81. The molecule has 4 aromatic rings. The standard InChI is InChI=1S/C23H20ClF3N6O3S2/c1-32(2)18-9-10-19(15-6-4-3-5-14(15)18)33-21(23(25,26)27)30-31-22(33)37-12-20(34)29-17-8-7-13(11-16(17)24)38(28,35)36/h3-11H,12H2,1-2H3,(H,29,34)(H2,28,35,36). The van der Waals surface area contributed by atoms with Crippen molar-refractivity contribution >= 4 is 61.4 Å². The lowest BCUT2D eigenvalue weighted by atomic mass is 10.1. The third kappa shape index (κ3) is 5.72. The van der Waals surface area contributed by atoms with Crippen LogP contribution in [0.3, 0.4) is 0 Å². The molecule has 1 aromatic heterocycles. The van der Waals surface area contributed by atoms with E-state index in [-0.39, 0.29) is 32.2 Å². The SMILES string of the molecule is CN(C)c1ccc(-n2c(SCC(=O)Nc3ccc(S(N)(=O)=O)cc3Cl)nnc2C(F)(F)F)c2ccccc12. The minimum absolute atomic E-state index is 0.0788. The fourth-order valence-electron chi connectivity index (χ4n) is 3.71. The van der Waals surface area contributed by atoms with Crippen molar-refractivity contribution in [3.63, 3.8) is 0 Å². The average Bonchev–Trinajstić information content (AvgIpc) is 3.27. The number of sulfonamides is 1. The van der Waals surface area contributed by atoms with Gasteiger partial charge in [-0.1, -0.05) is 47.6 Å². The molecule has 0 saturated carbocycles. The Morgan fingerprint density at radius 1 is 1.11 bits per heavy atom. The summed E-state index contributed by atoms with van der Waals surface area (Å²) in [7, 11) is -0.336. The van der Waals surface area contributed by atoms with Gasteiger partial charge >= 0.3 is 6.18 Å². The van der Waals surface area contributed by atoms with Gasteiger partial charge in [0, 0.05) is 30.6 Å². The molecule has 0 radical (unpaired) electrons. The van der Waals surface area contributed by atoms with Crippen molar-refractivity contribution in [2.24, 2.45) is 5.14 Å². The van der Waals surface area contributed by atoms with Gasteiger partial charge in [-0.05, 0) is 30.3 Å². The first-order valence-electron chi connectivity index (χ1n) is 10.7. The first-order valence-corrected chi connectivity index (χ1v) is 13.7. The molecule has 15 heteroatoms. The highest BCUT2D eigenvalue weighted by Gasteiger charge is 2.39. The predicted molar refractivity (Wildman–Crippen MR) is 140 cm³/mol. The number of nitrogens with zero attached hydrogens (tertiary/aromatic N) is 4. The molecular formula is C23H20ClF3N6O3S2. The number of halogens is 4. The number of rotatable bonds is 7. The highest BCUT2D eigenvalue weighted by atomic mass is 35.5. The Morgan fingerprint density at radius 2 is 1.79 bits per heavy atom.